The first kappa shape index (κ1) is 20.8. The predicted molar refractivity (Wildman–Crippen MR) is 114 cm³/mol. The summed E-state index contributed by atoms with van der Waals surface area (Å²) in [4.78, 5) is 29.1. The zero-order chi connectivity index (χ0) is 20.6. The highest BCUT2D eigenvalue weighted by molar-refractivity contribution is 5.83. The van der Waals surface area contributed by atoms with Crippen LogP contribution in [0, 0.1) is 5.92 Å². The number of carbonyl (C=O) groups is 2. The number of benzene rings is 2. The largest absolute Gasteiger partial charge is 0.375 e. The van der Waals surface area contributed by atoms with E-state index >= 15 is 0 Å². The molecule has 0 spiro atoms. The highest BCUT2D eigenvalue weighted by Crippen LogP contribution is 2.23. The average Bonchev–Trinajstić information content (AvgIpc) is 2.89. The minimum atomic E-state index is -0.288. The van der Waals surface area contributed by atoms with E-state index in [0.717, 1.165) is 16.7 Å². The first-order valence-corrected chi connectivity index (χ1v) is 9.93. The summed E-state index contributed by atoms with van der Waals surface area (Å²) in [5, 5.41) is 0. The molecule has 29 heavy (non-hydrogen) atoms. The van der Waals surface area contributed by atoms with Crippen molar-refractivity contribution in [3.63, 3.8) is 0 Å². The molecule has 2 aromatic carbocycles. The van der Waals surface area contributed by atoms with E-state index in [0.29, 0.717) is 32.6 Å². The quantitative estimate of drug-likeness (QED) is 0.681. The van der Waals surface area contributed by atoms with Crippen LogP contribution in [0.3, 0.4) is 0 Å². The molecule has 1 saturated heterocycles. The fourth-order valence-corrected chi connectivity index (χ4v) is 3.77. The van der Waals surface area contributed by atoms with Gasteiger partial charge in [0.1, 0.15) is 6.61 Å². The normalized spacial score (nSPS) is 17.1. The van der Waals surface area contributed by atoms with E-state index in [-0.39, 0.29) is 24.3 Å². The Bertz CT molecular complexity index is 850. The van der Waals surface area contributed by atoms with Crippen LogP contribution in [0.25, 0.3) is 11.1 Å². The number of rotatable bonds is 7. The van der Waals surface area contributed by atoms with E-state index in [1.165, 1.54) is 7.11 Å². The van der Waals surface area contributed by atoms with Gasteiger partial charge in [0.05, 0.1) is 5.92 Å². The summed E-state index contributed by atoms with van der Waals surface area (Å²) in [5.41, 5.74) is 3.36. The van der Waals surface area contributed by atoms with Gasteiger partial charge in [0.2, 0.25) is 11.8 Å². The minimum absolute atomic E-state index is 0.0336. The molecule has 3 rings (SSSR count). The van der Waals surface area contributed by atoms with Gasteiger partial charge in [-0.2, -0.15) is 0 Å². The number of amides is 2. The number of ether oxygens (including phenoxy) is 1. The molecule has 1 aliphatic rings. The lowest BCUT2D eigenvalue weighted by Gasteiger charge is -2.23. The van der Waals surface area contributed by atoms with Crippen LogP contribution >= 0.6 is 0 Å². The second-order valence-electron chi connectivity index (χ2n) is 7.31. The minimum Gasteiger partial charge on any atom is -0.375 e. The molecule has 0 unspecified atom stereocenters. The van der Waals surface area contributed by atoms with Gasteiger partial charge in [-0.15, -0.1) is 6.58 Å². The fourth-order valence-electron chi connectivity index (χ4n) is 3.77. The average molecular weight is 392 g/mol. The van der Waals surface area contributed by atoms with Gasteiger partial charge >= 0.3 is 0 Å². The van der Waals surface area contributed by atoms with Crippen molar-refractivity contribution in [3.8, 4) is 11.1 Å². The highest BCUT2D eigenvalue weighted by Gasteiger charge is 2.31. The molecule has 152 valence electrons. The van der Waals surface area contributed by atoms with Crippen LogP contribution < -0.4 is 0 Å². The van der Waals surface area contributed by atoms with Crippen molar-refractivity contribution >= 4 is 11.8 Å². The Kier molecular flexibility index (Phi) is 7.19. The van der Waals surface area contributed by atoms with Gasteiger partial charge < -0.3 is 14.5 Å². The lowest BCUT2D eigenvalue weighted by molar-refractivity contribution is -0.136. The first-order chi connectivity index (χ1) is 14.1. The number of nitrogens with zero attached hydrogens (tertiary/aromatic N) is 2. The molecule has 2 amide bonds. The summed E-state index contributed by atoms with van der Waals surface area (Å²) in [6.45, 7) is 5.73. The molecular formula is C24H28N2O3. The summed E-state index contributed by atoms with van der Waals surface area (Å²) in [6, 6.07) is 18.5. The van der Waals surface area contributed by atoms with Crippen LogP contribution in [0.15, 0.2) is 67.3 Å². The molecule has 0 radical (unpaired) electrons. The second-order valence-corrected chi connectivity index (χ2v) is 7.31. The molecule has 0 aliphatic carbocycles. The van der Waals surface area contributed by atoms with Crippen LogP contribution in [0.1, 0.15) is 5.56 Å². The summed E-state index contributed by atoms with van der Waals surface area (Å²) in [6.07, 6.45) is 2.32. The van der Waals surface area contributed by atoms with Gasteiger partial charge in [0, 0.05) is 33.3 Å². The Morgan fingerprint density at radius 2 is 1.90 bits per heavy atom. The number of hydrogen-bond donors (Lipinski definition) is 0. The predicted octanol–water partition coefficient (Wildman–Crippen LogP) is 3.02. The lowest BCUT2D eigenvalue weighted by Crippen LogP contribution is -2.39. The topological polar surface area (TPSA) is 49.9 Å². The van der Waals surface area contributed by atoms with E-state index in [1.54, 1.807) is 15.9 Å². The van der Waals surface area contributed by atoms with E-state index in [1.807, 2.05) is 30.3 Å². The third kappa shape index (κ3) is 5.33. The van der Waals surface area contributed by atoms with Crippen molar-refractivity contribution in [2.24, 2.45) is 5.92 Å². The van der Waals surface area contributed by atoms with Crippen molar-refractivity contribution in [2.45, 2.75) is 6.42 Å². The summed E-state index contributed by atoms with van der Waals surface area (Å²) in [5.74, 6) is -0.296. The summed E-state index contributed by atoms with van der Waals surface area (Å²) >= 11 is 0. The molecule has 1 fully saturated rings. The van der Waals surface area contributed by atoms with E-state index < -0.39 is 0 Å². The summed E-state index contributed by atoms with van der Waals surface area (Å²) < 4.78 is 5.01. The van der Waals surface area contributed by atoms with Crippen LogP contribution in [0.2, 0.25) is 0 Å². The smallest absolute Gasteiger partial charge is 0.248 e. The zero-order valence-electron chi connectivity index (χ0n) is 16.9. The number of methoxy groups -OCH3 is 1. The highest BCUT2D eigenvalue weighted by atomic mass is 16.5. The van der Waals surface area contributed by atoms with Crippen molar-refractivity contribution in [1.29, 1.82) is 0 Å². The molecule has 1 heterocycles. The SMILES string of the molecule is C=CCN1CCN(C(=O)COC)C[C@H](Cc2cccc(-c3ccccc3)c2)C1=O. The van der Waals surface area contributed by atoms with Crippen molar-refractivity contribution < 1.29 is 14.3 Å². The van der Waals surface area contributed by atoms with Crippen molar-refractivity contribution in [2.75, 3.05) is 39.9 Å². The Labute approximate surface area is 172 Å². The second kappa shape index (κ2) is 10.0. The maximum Gasteiger partial charge on any atom is 0.248 e. The Morgan fingerprint density at radius 1 is 1.14 bits per heavy atom. The molecule has 2 aromatic rings. The number of hydrogen-bond acceptors (Lipinski definition) is 3. The van der Waals surface area contributed by atoms with Gasteiger partial charge in [-0.25, -0.2) is 0 Å². The summed E-state index contributed by atoms with van der Waals surface area (Å²) in [7, 11) is 1.51. The van der Waals surface area contributed by atoms with Crippen LogP contribution in [0.4, 0.5) is 0 Å². The van der Waals surface area contributed by atoms with Crippen LogP contribution in [0.5, 0.6) is 0 Å². The van der Waals surface area contributed by atoms with Gasteiger partial charge in [-0.3, -0.25) is 9.59 Å². The molecule has 0 bridgehead atoms. The maximum atomic E-state index is 13.1. The van der Waals surface area contributed by atoms with Crippen LogP contribution in [-0.4, -0.2) is 61.5 Å². The fraction of sp³-hybridized carbons (Fsp3) is 0.333. The Morgan fingerprint density at radius 3 is 2.62 bits per heavy atom. The number of carbonyl (C=O) groups excluding carboxylic acids is 2. The molecule has 0 aromatic heterocycles. The zero-order valence-corrected chi connectivity index (χ0v) is 16.9. The first-order valence-electron chi connectivity index (χ1n) is 9.93. The molecule has 5 heteroatoms. The Hall–Kier alpha value is -2.92. The van der Waals surface area contributed by atoms with E-state index in [9.17, 15) is 9.59 Å². The molecular weight excluding hydrogens is 364 g/mol. The molecule has 1 atom stereocenters. The van der Waals surface area contributed by atoms with Crippen LogP contribution in [-0.2, 0) is 20.7 Å². The lowest BCUT2D eigenvalue weighted by atomic mass is 9.94. The molecule has 0 N–H and O–H groups in total. The standard InChI is InChI=1S/C24H28N2O3/c1-3-12-25-13-14-26(23(27)18-29-2)17-22(24(25)28)16-19-8-7-11-21(15-19)20-9-5-4-6-10-20/h3-11,15,22H,1,12-14,16-18H2,2H3/t22-/m0/s1. The monoisotopic (exact) mass is 392 g/mol. The van der Waals surface area contributed by atoms with Crippen molar-refractivity contribution in [1.82, 2.24) is 9.80 Å². The van der Waals surface area contributed by atoms with Gasteiger partial charge in [-0.05, 0) is 23.1 Å². The molecule has 0 saturated carbocycles. The Balaban J connectivity index is 1.83. The van der Waals surface area contributed by atoms with Gasteiger partial charge in [-0.1, -0.05) is 60.7 Å². The van der Waals surface area contributed by atoms with E-state index in [4.69, 9.17) is 4.74 Å². The van der Waals surface area contributed by atoms with E-state index in [2.05, 4.69) is 30.8 Å². The third-order valence-corrected chi connectivity index (χ3v) is 5.23. The van der Waals surface area contributed by atoms with Gasteiger partial charge in [0.15, 0.2) is 0 Å². The maximum absolute atomic E-state index is 13.1. The molecule has 1 aliphatic heterocycles. The van der Waals surface area contributed by atoms with Gasteiger partial charge in [0.25, 0.3) is 0 Å². The third-order valence-electron chi connectivity index (χ3n) is 5.23. The van der Waals surface area contributed by atoms with Crippen molar-refractivity contribution in [3.05, 3.63) is 72.8 Å². The molecule has 5 nitrogen and oxygen atoms in total.